The van der Waals surface area contributed by atoms with E-state index in [4.69, 9.17) is 0 Å². The number of aromatic nitrogens is 4. The molecule has 0 saturated carbocycles. The third-order valence-corrected chi connectivity index (χ3v) is 5.83. The summed E-state index contributed by atoms with van der Waals surface area (Å²) in [6.45, 7) is 3.62. The molecule has 4 heterocycles. The predicted molar refractivity (Wildman–Crippen MR) is 101 cm³/mol. The van der Waals surface area contributed by atoms with Crippen LogP contribution in [0, 0.1) is 5.92 Å². The van der Waals surface area contributed by atoms with Gasteiger partial charge in [-0.3, -0.25) is 9.59 Å². The number of piperidine rings is 1. The Balaban J connectivity index is 1.34. The predicted octanol–water partition coefficient (Wildman–Crippen LogP) is 0.762. The maximum Gasteiger partial charge on any atom is 0.266 e. The Hall–Kier alpha value is -2.48. The van der Waals surface area contributed by atoms with Crippen LogP contribution in [0.4, 0.5) is 0 Å². The van der Waals surface area contributed by atoms with Gasteiger partial charge >= 0.3 is 0 Å². The first-order valence-electron chi connectivity index (χ1n) is 9.66. The zero-order valence-corrected chi connectivity index (χ0v) is 15.7. The maximum atomic E-state index is 12.2. The van der Waals surface area contributed by atoms with Gasteiger partial charge in [0.2, 0.25) is 5.91 Å². The summed E-state index contributed by atoms with van der Waals surface area (Å²) in [5.74, 6) is 1.37. The van der Waals surface area contributed by atoms with E-state index >= 15 is 0 Å². The molecule has 2 aromatic rings. The second kappa shape index (κ2) is 7.64. The molecular formula is C19H26N6O2. The van der Waals surface area contributed by atoms with E-state index in [1.807, 2.05) is 24.2 Å². The van der Waals surface area contributed by atoms with Crippen molar-refractivity contribution in [3.63, 3.8) is 0 Å². The standard InChI is InChI=1S/C19H26N6O2/c1-22-16(3-5-18(22)26)14-23-11-7-15(8-12-23)13-25-19(27)6-4-17(21-25)24-10-2-9-20-24/h2,4,6,9-10,15-16H,3,5,7-8,11-14H2,1H3. The van der Waals surface area contributed by atoms with Crippen LogP contribution in [0.5, 0.6) is 0 Å². The smallest absolute Gasteiger partial charge is 0.266 e. The lowest BCUT2D eigenvalue weighted by molar-refractivity contribution is -0.127. The van der Waals surface area contributed by atoms with Crippen LogP contribution in [0.2, 0.25) is 0 Å². The highest BCUT2D eigenvalue weighted by Gasteiger charge is 2.30. The van der Waals surface area contributed by atoms with E-state index in [1.165, 1.54) is 0 Å². The summed E-state index contributed by atoms with van der Waals surface area (Å²) in [5, 5.41) is 8.65. The monoisotopic (exact) mass is 370 g/mol. The van der Waals surface area contributed by atoms with E-state index in [9.17, 15) is 9.59 Å². The van der Waals surface area contributed by atoms with Gasteiger partial charge in [-0.2, -0.15) is 5.10 Å². The third kappa shape index (κ3) is 3.95. The molecule has 8 heteroatoms. The zero-order chi connectivity index (χ0) is 18.8. The van der Waals surface area contributed by atoms with Crippen molar-refractivity contribution in [2.45, 2.75) is 38.3 Å². The van der Waals surface area contributed by atoms with Crippen LogP contribution in [0.1, 0.15) is 25.7 Å². The molecular weight excluding hydrogens is 344 g/mol. The van der Waals surface area contributed by atoms with E-state index < -0.39 is 0 Å². The number of carbonyl (C=O) groups is 1. The highest BCUT2D eigenvalue weighted by Crippen LogP contribution is 2.22. The molecule has 2 aromatic heterocycles. The lowest BCUT2D eigenvalue weighted by atomic mass is 9.96. The van der Waals surface area contributed by atoms with Crippen LogP contribution < -0.4 is 5.56 Å². The summed E-state index contributed by atoms with van der Waals surface area (Å²) in [7, 11) is 1.91. The molecule has 1 atom stereocenters. The van der Waals surface area contributed by atoms with Crippen LogP contribution in [-0.2, 0) is 11.3 Å². The van der Waals surface area contributed by atoms with Crippen molar-refractivity contribution in [3.05, 3.63) is 40.9 Å². The first-order chi connectivity index (χ1) is 13.1. The normalized spacial score (nSPS) is 21.9. The Labute approximate surface area is 158 Å². The molecule has 0 bridgehead atoms. The van der Waals surface area contributed by atoms with E-state index in [-0.39, 0.29) is 11.5 Å². The molecule has 4 rings (SSSR count). The fraction of sp³-hybridized carbons (Fsp3) is 0.579. The first kappa shape index (κ1) is 17.9. The SMILES string of the molecule is CN1C(=O)CCC1CN1CCC(Cn2nc(-n3cccn3)ccc2=O)CC1. The van der Waals surface area contributed by atoms with Gasteiger partial charge in [0.05, 0.1) is 0 Å². The molecule has 1 unspecified atom stereocenters. The lowest BCUT2D eigenvalue weighted by Crippen LogP contribution is -2.44. The molecule has 0 spiro atoms. The molecule has 2 aliphatic rings. The molecule has 144 valence electrons. The Morgan fingerprint density at radius 1 is 1.11 bits per heavy atom. The summed E-state index contributed by atoms with van der Waals surface area (Å²) in [6.07, 6.45) is 7.26. The van der Waals surface area contributed by atoms with Gasteiger partial charge in [0.25, 0.3) is 5.56 Å². The number of carbonyl (C=O) groups excluding carboxylic acids is 1. The molecule has 2 fully saturated rings. The minimum atomic E-state index is -0.0700. The summed E-state index contributed by atoms with van der Waals surface area (Å²) >= 11 is 0. The van der Waals surface area contributed by atoms with Crippen molar-refractivity contribution in [2.75, 3.05) is 26.7 Å². The van der Waals surface area contributed by atoms with Gasteiger partial charge in [-0.1, -0.05) is 0 Å². The number of nitrogens with zero attached hydrogens (tertiary/aromatic N) is 6. The van der Waals surface area contributed by atoms with E-state index in [2.05, 4.69) is 15.1 Å². The number of likely N-dealkylation sites (N-methyl/N-ethyl adjacent to an activating group) is 1. The number of likely N-dealkylation sites (tertiary alicyclic amines) is 2. The van der Waals surface area contributed by atoms with Gasteiger partial charge in [-0.15, -0.1) is 5.10 Å². The number of hydrogen-bond donors (Lipinski definition) is 0. The van der Waals surface area contributed by atoms with Crippen molar-refractivity contribution in [1.82, 2.24) is 29.4 Å². The van der Waals surface area contributed by atoms with Gasteiger partial charge in [-0.25, -0.2) is 9.36 Å². The molecule has 0 aromatic carbocycles. The quantitative estimate of drug-likeness (QED) is 0.777. The highest BCUT2D eigenvalue weighted by atomic mass is 16.2. The summed E-state index contributed by atoms with van der Waals surface area (Å²) in [5.41, 5.74) is -0.0700. The van der Waals surface area contributed by atoms with Crippen LogP contribution in [0.15, 0.2) is 35.4 Å². The average molecular weight is 370 g/mol. The van der Waals surface area contributed by atoms with Crippen molar-refractivity contribution < 1.29 is 4.79 Å². The average Bonchev–Trinajstić information content (AvgIpc) is 3.31. The third-order valence-electron chi connectivity index (χ3n) is 5.83. The fourth-order valence-electron chi connectivity index (χ4n) is 4.07. The first-order valence-corrected chi connectivity index (χ1v) is 9.66. The topological polar surface area (TPSA) is 76.3 Å². The number of hydrogen-bond acceptors (Lipinski definition) is 5. The number of rotatable bonds is 5. The van der Waals surface area contributed by atoms with Gasteiger partial charge in [0.1, 0.15) is 0 Å². The van der Waals surface area contributed by atoms with E-state index in [0.717, 1.165) is 38.9 Å². The summed E-state index contributed by atoms with van der Waals surface area (Å²) in [4.78, 5) is 28.2. The van der Waals surface area contributed by atoms with Gasteiger partial charge in [0.15, 0.2) is 5.82 Å². The van der Waals surface area contributed by atoms with Crippen molar-refractivity contribution >= 4 is 5.91 Å². The molecule has 8 nitrogen and oxygen atoms in total. The largest absolute Gasteiger partial charge is 0.341 e. The second-order valence-corrected chi connectivity index (χ2v) is 7.60. The summed E-state index contributed by atoms with van der Waals surface area (Å²) < 4.78 is 3.23. The Morgan fingerprint density at radius 2 is 1.93 bits per heavy atom. The number of amides is 1. The molecule has 0 aliphatic carbocycles. The molecule has 27 heavy (non-hydrogen) atoms. The Morgan fingerprint density at radius 3 is 2.59 bits per heavy atom. The molecule has 2 aliphatic heterocycles. The van der Waals surface area contributed by atoms with Crippen LogP contribution in [-0.4, -0.2) is 68.0 Å². The van der Waals surface area contributed by atoms with Gasteiger partial charge in [-0.05, 0) is 50.4 Å². The van der Waals surface area contributed by atoms with Crippen molar-refractivity contribution in [2.24, 2.45) is 5.92 Å². The van der Waals surface area contributed by atoms with E-state index in [0.29, 0.717) is 30.7 Å². The lowest BCUT2D eigenvalue weighted by Gasteiger charge is -2.34. The molecule has 0 radical (unpaired) electrons. The molecule has 1 amide bonds. The zero-order valence-electron chi connectivity index (χ0n) is 15.7. The van der Waals surface area contributed by atoms with Crippen molar-refractivity contribution in [3.8, 4) is 5.82 Å². The Bertz CT molecular complexity index is 838. The minimum absolute atomic E-state index is 0.0700. The molecule has 0 N–H and O–H groups in total. The van der Waals surface area contributed by atoms with Crippen LogP contribution in [0.3, 0.4) is 0 Å². The maximum absolute atomic E-state index is 12.2. The molecule has 2 saturated heterocycles. The van der Waals surface area contributed by atoms with Crippen LogP contribution >= 0.6 is 0 Å². The fourth-order valence-corrected chi connectivity index (χ4v) is 4.07. The minimum Gasteiger partial charge on any atom is -0.341 e. The van der Waals surface area contributed by atoms with Gasteiger partial charge < -0.3 is 9.80 Å². The second-order valence-electron chi connectivity index (χ2n) is 7.60. The Kier molecular flexibility index (Phi) is 5.07. The summed E-state index contributed by atoms with van der Waals surface area (Å²) in [6, 6.07) is 5.45. The van der Waals surface area contributed by atoms with Crippen molar-refractivity contribution in [1.29, 1.82) is 0 Å². The van der Waals surface area contributed by atoms with Crippen LogP contribution in [0.25, 0.3) is 5.82 Å². The van der Waals surface area contributed by atoms with E-state index in [1.54, 1.807) is 27.7 Å². The van der Waals surface area contributed by atoms with Gasteiger partial charge in [0, 0.05) is 51.1 Å². The highest BCUT2D eigenvalue weighted by molar-refractivity contribution is 5.78.